The van der Waals surface area contributed by atoms with Crippen molar-refractivity contribution in [2.24, 2.45) is 5.16 Å². The van der Waals surface area contributed by atoms with Crippen LogP contribution in [0, 0.1) is 0 Å². The molecule has 0 amide bonds. The van der Waals surface area contributed by atoms with E-state index < -0.39 is 0 Å². The summed E-state index contributed by atoms with van der Waals surface area (Å²) >= 11 is 0. The third-order valence-corrected chi connectivity index (χ3v) is 5.64. The van der Waals surface area contributed by atoms with E-state index in [0.717, 1.165) is 5.71 Å². The number of nitrogens with zero attached hydrogens (tertiary/aromatic N) is 1. The van der Waals surface area contributed by atoms with Crippen molar-refractivity contribution in [3.05, 3.63) is 42.0 Å². The van der Waals surface area contributed by atoms with Gasteiger partial charge in [-0.25, -0.2) is 0 Å². The Morgan fingerprint density at radius 1 is 1.27 bits per heavy atom. The fourth-order valence-electron chi connectivity index (χ4n) is 1.47. The van der Waals surface area contributed by atoms with E-state index in [1.54, 1.807) is 10.8 Å². The fourth-order valence-corrected chi connectivity index (χ4v) is 4.86. The lowest BCUT2D eigenvalue weighted by atomic mass is 10.2. The maximum atomic E-state index is 5.33. The van der Waals surface area contributed by atoms with Gasteiger partial charge in [-0.05, 0) is 29.4 Å². The smallest absolute Gasteiger partial charge is 0.0983 e. The number of allylic oxidation sites excluding steroid dienone is 1. The highest BCUT2D eigenvalue weighted by Crippen LogP contribution is 2.51. The SMILES string of the molecule is CC1=NOS2=C1C=C(c1ccccc1)S2. The molecule has 4 heteroatoms. The molecule has 0 saturated carbocycles. The van der Waals surface area contributed by atoms with Crippen molar-refractivity contribution in [2.45, 2.75) is 6.92 Å². The van der Waals surface area contributed by atoms with Gasteiger partial charge in [0.25, 0.3) is 0 Å². The van der Waals surface area contributed by atoms with E-state index in [1.165, 1.54) is 15.3 Å². The van der Waals surface area contributed by atoms with E-state index in [-0.39, 0.29) is 9.80 Å². The predicted molar refractivity (Wildman–Crippen MR) is 68.8 cm³/mol. The summed E-state index contributed by atoms with van der Waals surface area (Å²) in [7, 11) is 1.56. The van der Waals surface area contributed by atoms with E-state index in [2.05, 4.69) is 35.5 Å². The molecule has 0 bridgehead atoms. The second-order valence-corrected chi connectivity index (χ2v) is 6.38. The molecule has 2 aliphatic heterocycles. The van der Waals surface area contributed by atoms with Gasteiger partial charge in [0.1, 0.15) is 0 Å². The summed E-state index contributed by atoms with van der Waals surface area (Å²) in [6.07, 6.45) is 2.19. The summed E-state index contributed by atoms with van der Waals surface area (Å²) in [5, 5.41) is 3.98. The number of hydrogen-bond acceptors (Lipinski definition) is 3. The van der Waals surface area contributed by atoms with Crippen LogP contribution in [0.25, 0.3) is 4.91 Å². The van der Waals surface area contributed by atoms with Crippen LogP contribution < -0.4 is 0 Å². The standard InChI is InChI=1S/C11H9NOS2/c1-8-11-7-10(14-15(11)13-12-8)9-5-3-2-4-6-9/h2-7H,1H3. The molecule has 1 aromatic carbocycles. The number of hydrogen-bond donors (Lipinski definition) is 0. The van der Waals surface area contributed by atoms with Crippen molar-refractivity contribution in [3.8, 4) is 0 Å². The van der Waals surface area contributed by atoms with Gasteiger partial charge >= 0.3 is 0 Å². The normalized spacial score (nSPS) is 23.3. The minimum Gasteiger partial charge on any atom is -0.319 e. The molecule has 76 valence electrons. The van der Waals surface area contributed by atoms with E-state index in [4.69, 9.17) is 4.28 Å². The summed E-state index contributed by atoms with van der Waals surface area (Å²) in [5.74, 6) is 0. The van der Waals surface area contributed by atoms with Gasteiger partial charge in [0.05, 0.1) is 20.4 Å². The zero-order valence-electron chi connectivity index (χ0n) is 8.14. The quantitative estimate of drug-likeness (QED) is 0.549. The Morgan fingerprint density at radius 2 is 2.07 bits per heavy atom. The topological polar surface area (TPSA) is 21.6 Å². The molecule has 0 aliphatic carbocycles. The van der Waals surface area contributed by atoms with Crippen molar-refractivity contribution >= 4 is 36.1 Å². The molecule has 3 rings (SSSR count). The first-order valence-electron chi connectivity index (χ1n) is 4.64. The molecule has 1 unspecified atom stereocenters. The molecule has 0 spiro atoms. The molecule has 0 fully saturated rings. The summed E-state index contributed by atoms with van der Waals surface area (Å²) in [4.78, 5) is 2.52. The van der Waals surface area contributed by atoms with E-state index in [0.29, 0.717) is 0 Å². The molecule has 15 heavy (non-hydrogen) atoms. The third-order valence-electron chi connectivity index (χ3n) is 2.26. The van der Waals surface area contributed by atoms with Crippen LogP contribution in [-0.4, -0.2) is 10.6 Å². The van der Waals surface area contributed by atoms with E-state index >= 15 is 0 Å². The Morgan fingerprint density at radius 3 is 2.80 bits per heavy atom. The van der Waals surface area contributed by atoms with Gasteiger partial charge in [0.15, 0.2) is 0 Å². The first kappa shape index (κ1) is 9.24. The zero-order chi connectivity index (χ0) is 10.3. The van der Waals surface area contributed by atoms with Crippen LogP contribution in [0.3, 0.4) is 0 Å². The average Bonchev–Trinajstić information content (AvgIpc) is 2.83. The van der Waals surface area contributed by atoms with E-state index in [9.17, 15) is 0 Å². The van der Waals surface area contributed by atoms with Gasteiger partial charge < -0.3 is 4.28 Å². The third kappa shape index (κ3) is 1.54. The average molecular weight is 235 g/mol. The molecular weight excluding hydrogens is 226 g/mol. The second kappa shape index (κ2) is 3.54. The summed E-state index contributed by atoms with van der Waals surface area (Å²) in [6.45, 7) is 1.99. The van der Waals surface area contributed by atoms with Crippen LogP contribution in [0.15, 0.2) is 41.6 Å². The molecule has 0 saturated heterocycles. The van der Waals surface area contributed by atoms with Crippen LogP contribution in [0.2, 0.25) is 0 Å². The molecule has 1 atom stereocenters. The van der Waals surface area contributed by atoms with Crippen LogP contribution in [0.4, 0.5) is 0 Å². The van der Waals surface area contributed by atoms with Crippen molar-refractivity contribution in [2.75, 3.05) is 0 Å². The van der Waals surface area contributed by atoms with Crippen LogP contribution in [0.1, 0.15) is 12.5 Å². The van der Waals surface area contributed by atoms with Gasteiger partial charge in [-0.1, -0.05) is 35.5 Å². The Bertz CT molecular complexity index is 503. The van der Waals surface area contributed by atoms with Gasteiger partial charge in [0, 0.05) is 4.91 Å². The largest absolute Gasteiger partial charge is 0.319 e. The number of rotatable bonds is 1. The molecule has 0 N–H and O–H groups in total. The van der Waals surface area contributed by atoms with Crippen molar-refractivity contribution in [1.82, 2.24) is 0 Å². The first-order chi connectivity index (χ1) is 7.34. The summed E-state index contributed by atoms with van der Waals surface area (Å²) in [6, 6.07) is 10.4. The predicted octanol–water partition coefficient (Wildman–Crippen LogP) is 3.45. The molecule has 0 aromatic heterocycles. The highest BCUT2D eigenvalue weighted by molar-refractivity contribution is 8.86. The lowest BCUT2D eigenvalue weighted by Gasteiger charge is -2.01. The number of oxime groups is 1. The Balaban J connectivity index is 1.95. The highest BCUT2D eigenvalue weighted by Gasteiger charge is 2.25. The fraction of sp³-hybridized carbons (Fsp3) is 0.0909. The maximum Gasteiger partial charge on any atom is 0.0983 e. The van der Waals surface area contributed by atoms with Gasteiger partial charge in [-0.15, -0.1) is 0 Å². The minimum absolute atomic E-state index is 0.192. The maximum absolute atomic E-state index is 5.33. The van der Waals surface area contributed by atoms with Gasteiger partial charge in [-0.3, -0.25) is 0 Å². The van der Waals surface area contributed by atoms with Crippen LogP contribution >= 0.6 is 20.6 Å². The van der Waals surface area contributed by atoms with Crippen LogP contribution in [0.5, 0.6) is 0 Å². The number of benzene rings is 1. The molecule has 1 aromatic rings. The zero-order valence-corrected chi connectivity index (χ0v) is 9.77. The van der Waals surface area contributed by atoms with Gasteiger partial charge in [0.2, 0.25) is 0 Å². The van der Waals surface area contributed by atoms with Crippen molar-refractivity contribution < 1.29 is 4.28 Å². The monoisotopic (exact) mass is 235 g/mol. The first-order valence-corrected chi connectivity index (χ1v) is 7.12. The molecule has 2 nitrogen and oxygen atoms in total. The van der Waals surface area contributed by atoms with Crippen LogP contribution in [-0.2, 0) is 4.28 Å². The molecular formula is C11H9NOS2. The van der Waals surface area contributed by atoms with Crippen molar-refractivity contribution in [3.63, 3.8) is 0 Å². The molecule has 0 radical (unpaired) electrons. The Labute approximate surface area is 94.5 Å². The van der Waals surface area contributed by atoms with E-state index in [1.807, 2.05) is 13.0 Å². The Hall–Kier alpha value is -1.00. The lowest BCUT2D eigenvalue weighted by molar-refractivity contribution is 0.414. The van der Waals surface area contributed by atoms with Gasteiger partial charge in [-0.2, -0.15) is 0 Å². The summed E-state index contributed by atoms with van der Waals surface area (Å²) < 4.78 is 5.33. The Kier molecular flexibility index (Phi) is 2.18. The molecule has 2 aliphatic rings. The van der Waals surface area contributed by atoms with Crippen molar-refractivity contribution in [1.29, 1.82) is 0 Å². The summed E-state index contributed by atoms with van der Waals surface area (Å²) in [5.41, 5.74) is 2.27. The second-order valence-electron chi connectivity index (χ2n) is 3.31. The molecule has 2 heterocycles. The minimum atomic E-state index is -0.192. The lowest BCUT2D eigenvalue weighted by Crippen LogP contribution is -2.00. The highest BCUT2D eigenvalue weighted by atomic mass is 33.1.